The number of hydrogen-bond donors (Lipinski definition) is 1. The summed E-state index contributed by atoms with van der Waals surface area (Å²) in [5.74, 6) is 0.713. The van der Waals surface area contributed by atoms with E-state index in [0.29, 0.717) is 10.8 Å². The third-order valence-electron chi connectivity index (χ3n) is 3.37. The molecule has 0 saturated heterocycles. The van der Waals surface area contributed by atoms with E-state index < -0.39 is 0 Å². The van der Waals surface area contributed by atoms with Crippen LogP contribution in [0, 0.1) is 6.92 Å². The van der Waals surface area contributed by atoms with Crippen LogP contribution in [0.15, 0.2) is 24.4 Å². The largest absolute Gasteiger partial charge is 0.493 e. The molecule has 0 fully saturated rings. The minimum atomic E-state index is -0.308. The van der Waals surface area contributed by atoms with Gasteiger partial charge in [0.1, 0.15) is 5.69 Å². The summed E-state index contributed by atoms with van der Waals surface area (Å²) < 4.78 is 7.30. The summed E-state index contributed by atoms with van der Waals surface area (Å²) in [5, 5.41) is 5.04. The Hall–Kier alpha value is -1.52. The van der Waals surface area contributed by atoms with Crippen LogP contribution in [0.1, 0.15) is 36.2 Å². The van der Waals surface area contributed by atoms with Crippen molar-refractivity contribution in [2.75, 3.05) is 7.11 Å². The summed E-state index contributed by atoms with van der Waals surface area (Å²) in [5.41, 5.74) is 9.43. The highest BCUT2D eigenvalue weighted by Gasteiger charge is 2.21. The molecular weight excluding hydrogens is 274 g/mol. The van der Waals surface area contributed by atoms with Gasteiger partial charge in [0.05, 0.1) is 19.3 Å². The zero-order chi connectivity index (χ0) is 14.7. The fraction of sp³-hybridized carbons (Fsp3) is 0.400. The molecule has 1 aromatic heterocycles. The molecule has 0 radical (unpaired) electrons. The fourth-order valence-corrected chi connectivity index (χ4v) is 2.51. The molecule has 0 spiro atoms. The van der Waals surface area contributed by atoms with Crippen LogP contribution in [0.2, 0.25) is 5.02 Å². The molecule has 0 saturated carbocycles. The lowest BCUT2D eigenvalue weighted by Gasteiger charge is -2.18. The molecule has 20 heavy (non-hydrogen) atoms. The van der Waals surface area contributed by atoms with Gasteiger partial charge in [-0.25, -0.2) is 0 Å². The highest BCUT2D eigenvalue weighted by molar-refractivity contribution is 6.30. The van der Waals surface area contributed by atoms with Gasteiger partial charge in [-0.3, -0.25) is 4.68 Å². The molecule has 2 rings (SSSR count). The topological polar surface area (TPSA) is 53.1 Å². The molecule has 108 valence electrons. The summed E-state index contributed by atoms with van der Waals surface area (Å²) in [6.45, 7) is 4.94. The van der Waals surface area contributed by atoms with Gasteiger partial charge in [-0.05, 0) is 36.6 Å². The maximum absolute atomic E-state index is 6.44. The molecule has 1 unspecified atom stereocenters. The monoisotopic (exact) mass is 293 g/mol. The summed E-state index contributed by atoms with van der Waals surface area (Å²) in [7, 11) is 1.63. The van der Waals surface area contributed by atoms with Gasteiger partial charge in [0.25, 0.3) is 0 Å². The Kier molecular flexibility index (Phi) is 4.68. The minimum Gasteiger partial charge on any atom is -0.493 e. The van der Waals surface area contributed by atoms with Gasteiger partial charge in [0.15, 0.2) is 5.75 Å². The molecular formula is C15H20ClN3O. The predicted octanol–water partition coefficient (Wildman–Crippen LogP) is 3.31. The number of hydrogen-bond acceptors (Lipinski definition) is 3. The highest BCUT2D eigenvalue weighted by atomic mass is 35.5. The third kappa shape index (κ3) is 2.81. The number of aryl methyl sites for hydroxylation is 2. The Morgan fingerprint density at radius 3 is 2.85 bits per heavy atom. The number of aromatic nitrogens is 2. The molecule has 5 heteroatoms. The molecule has 0 aliphatic carbocycles. The van der Waals surface area contributed by atoms with Crippen molar-refractivity contribution in [1.82, 2.24) is 9.78 Å². The van der Waals surface area contributed by atoms with Gasteiger partial charge in [-0.15, -0.1) is 0 Å². The maximum Gasteiger partial charge on any atom is 0.161 e. The lowest BCUT2D eigenvalue weighted by Crippen LogP contribution is -2.19. The first-order valence-electron chi connectivity index (χ1n) is 6.69. The second kappa shape index (κ2) is 6.29. The van der Waals surface area contributed by atoms with Gasteiger partial charge in [-0.2, -0.15) is 5.10 Å². The zero-order valence-electron chi connectivity index (χ0n) is 12.1. The molecule has 0 aliphatic heterocycles. The van der Waals surface area contributed by atoms with Crippen molar-refractivity contribution in [2.24, 2.45) is 5.73 Å². The van der Waals surface area contributed by atoms with Crippen molar-refractivity contribution in [3.05, 3.63) is 46.2 Å². The van der Waals surface area contributed by atoms with Crippen molar-refractivity contribution in [3.8, 4) is 5.75 Å². The lowest BCUT2D eigenvalue weighted by atomic mass is 9.99. The van der Waals surface area contributed by atoms with Crippen molar-refractivity contribution in [3.63, 3.8) is 0 Å². The lowest BCUT2D eigenvalue weighted by molar-refractivity contribution is 0.404. The first-order valence-corrected chi connectivity index (χ1v) is 7.07. The number of methoxy groups -OCH3 is 1. The number of rotatable bonds is 5. The minimum absolute atomic E-state index is 0.308. The maximum atomic E-state index is 6.44. The van der Waals surface area contributed by atoms with Crippen LogP contribution in [0.3, 0.4) is 0 Å². The van der Waals surface area contributed by atoms with E-state index in [-0.39, 0.29) is 6.04 Å². The molecule has 4 nitrogen and oxygen atoms in total. The van der Waals surface area contributed by atoms with Gasteiger partial charge >= 0.3 is 0 Å². The van der Waals surface area contributed by atoms with E-state index in [9.17, 15) is 0 Å². The molecule has 0 amide bonds. The van der Waals surface area contributed by atoms with Crippen molar-refractivity contribution in [1.29, 1.82) is 0 Å². The van der Waals surface area contributed by atoms with E-state index in [2.05, 4.69) is 12.0 Å². The number of ether oxygens (including phenoxy) is 1. The summed E-state index contributed by atoms with van der Waals surface area (Å²) in [6, 6.07) is 5.44. The van der Waals surface area contributed by atoms with E-state index >= 15 is 0 Å². The highest BCUT2D eigenvalue weighted by Crippen LogP contribution is 2.31. The first-order chi connectivity index (χ1) is 9.58. The van der Waals surface area contributed by atoms with Crippen LogP contribution in [-0.4, -0.2) is 16.9 Å². The summed E-state index contributed by atoms with van der Waals surface area (Å²) >= 11 is 6.09. The number of nitrogens with zero attached hydrogens (tertiary/aromatic N) is 2. The smallest absolute Gasteiger partial charge is 0.161 e. The molecule has 1 atom stereocenters. The van der Waals surface area contributed by atoms with Gasteiger partial charge in [0, 0.05) is 11.6 Å². The van der Waals surface area contributed by atoms with Crippen molar-refractivity contribution in [2.45, 2.75) is 32.9 Å². The van der Waals surface area contributed by atoms with E-state index in [0.717, 1.165) is 29.8 Å². The van der Waals surface area contributed by atoms with Crippen molar-refractivity contribution < 1.29 is 4.74 Å². The van der Waals surface area contributed by atoms with Gasteiger partial charge < -0.3 is 10.5 Å². The SMILES string of the molecule is CCCn1ncc(OC)c1C(N)c1cc(Cl)ccc1C. The second-order valence-electron chi connectivity index (χ2n) is 4.80. The van der Waals surface area contributed by atoms with Crippen LogP contribution in [0.25, 0.3) is 0 Å². The van der Waals surface area contributed by atoms with Crippen LogP contribution < -0.4 is 10.5 Å². The average molecular weight is 294 g/mol. The van der Waals surface area contributed by atoms with Gasteiger partial charge in [0.2, 0.25) is 0 Å². The van der Waals surface area contributed by atoms with Crippen LogP contribution in [0.5, 0.6) is 5.75 Å². The van der Waals surface area contributed by atoms with Crippen LogP contribution in [0.4, 0.5) is 0 Å². The molecule has 0 aliphatic rings. The quantitative estimate of drug-likeness (QED) is 0.920. The molecule has 2 N–H and O–H groups in total. The summed E-state index contributed by atoms with van der Waals surface area (Å²) in [4.78, 5) is 0. The second-order valence-corrected chi connectivity index (χ2v) is 5.24. The Morgan fingerprint density at radius 1 is 1.45 bits per heavy atom. The number of halogens is 1. The third-order valence-corrected chi connectivity index (χ3v) is 3.61. The predicted molar refractivity (Wildman–Crippen MR) is 81.3 cm³/mol. The number of nitrogens with two attached hydrogens (primary N) is 1. The van der Waals surface area contributed by atoms with Crippen molar-refractivity contribution >= 4 is 11.6 Å². The van der Waals surface area contributed by atoms with E-state index in [4.69, 9.17) is 22.1 Å². The Morgan fingerprint density at radius 2 is 2.20 bits per heavy atom. The molecule has 2 aromatic rings. The number of benzene rings is 1. The van der Waals surface area contributed by atoms with Crippen LogP contribution in [-0.2, 0) is 6.54 Å². The zero-order valence-corrected chi connectivity index (χ0v) is 12.8. The molecule has 1 heterocycles. The van der Waals surface area contributed by atoms with E-state index in [1.807, 2.05) is 29.8 Å². The Labute approximate surface area is 124 Å². The average Bonchev–Trinajstić information content (AvgIpc) is 2.84. The van der Waals surface area contributed by atoms with Crippen LogP contribution >= 0.6 is 11.6 Å². The molecule has 1 aromatic carbocycles. The normalized spacial score (nSPS) is 12.4. The Balaban J connectivity index is 2.48. The fourth-order valence-electron chi connectivity index (χ4n) is 2.33. The van der Waals surface area contributed by atoms with E-state index in [1.165, 1.54) is 0 Å². The standard InChI is InChI=1S/C15H20ClN3O/c1-4-7-19-15(13(20-3)9-18-19)14(17)12-8-11(16)6-5-10(12)2/h5-6,8-9,14H,4,7,17H2,1-3H3. The molecule has 0 bridgehead atoms. The van der Waals surface area contributed by atoms with E-state index in [1.54, 1.807) is 13.3 Å². The first kappa shape index (κ1) is 14.9. The van der Waals surface area contributed by atoms with Gasteiger partial charge in [-0.1, -0.05) is 24.6 Å². The Bertz CT molecular complexity index is 595. The summed E-state index contributed by atoms with van der Waals surface area (Å²) in [6.07, 6.45) is 2.70.